The van der Waals surface area contributed by atoms with Crippen molar-refractivity contribution < 1.29 is 4.52 Å². The molecule has 1 N–H and O–H groups in total. The van der Waals surface area contributed by atoms with Gasteiger partial charge < -0.3 is 9.84 Å². The Kier molecular flexibility index (Phi) is 3.89. The summed E-state index contributed by atoms with van der Waals surface area (Å²) in [5, 5.41) is 7.62. The first-order valence-corrected chi connectivity index (χ1v) is 7.78. The number of aromatic nitrogens is 2. The average molecular weight is 336 g/mol. The van der Waals surface area contributed by atoms with Gasteiger partial charge in [-0.05, 0) is 56.0 Å². The third-order valence-corrected chi connectivity index (χ3v) is 4.40. The van der Waals surface area contributed by atoms with E-state index >= 15 is 0 Å². The summed E-state index contributed by atoms with van der Waals surface area (Å²) in [5.41, 5.74) is 2.16. The number of hydrogen-bond donors (Lipinski definition) is 1. The van der Waals surface area contributed by atoms with Gasteiger partial charge in [0.2, 0.25) is 11.7 Å². The lowest BCUT2D eigenvalue weighted by Gasteiger charge is -2.26. The monoisotopic (exact) mass is 335 g/mol. The van der Waals surface area contributed by atoms with E-state index < -0.39 is 0 Å². The van der Waals surface area contributed by atoms with Crippen molar-refractivity contribution in [1.29, 1.82) is 0 Å². The molecule has 2 atom stereocenters. The summed E-state index contributed by atoms with van der Waals surface area (Å²) in [4.78, 5) is 4.59. The summed E-state index contributed by atoms with van der Waals surface area (Å²) in [7, 11) is 0. The average Bonchev–Trinajstić information content (AvgIpc) is 2.88. The first-order chi connectivity index (χ1) is 9.65. The van der Waals surface area contributed by atoms with Crippen molar-refractivity contribution in [2.75, 3.05) is 6.54 Å². The first-order valence-electron chi connectivity index (χ1n) is 6.98. The number of nitrogens with zero attached hydrogens (tertiary/aromatic N) is 2. The van der Waals surface area contributed by atoms with E-state index in [-0.39, 0.29) is 6.04 Å². The van der Waals surface area contributed by atoms with Gasteiger partial charge >= 0.3 is 0 Å². The molecule has 5 heteroatoms. The summed E-state index contributed by atoms with van der Waals surface area (Å²) in [6, 6.07) is 6.26. The van der Waals surface area contributed by atoms with Crippen LogP contribution in [0.1, 0.15) is 37.3 Å². The van der Waals surface area contributed by atoms with E-state index in [0.717, 1.165) is 22.1 Å². The highest BCUT2D eigenvalue weighted by atomic mass is 79.9. The molecule has 2 unspecified atom stereocenters. The van der Waals surface area contributed by atoms with Crippen LogP contribution in [0.4, 0.5) is 0 Å². The summed E-state index contributed by atoms with van der Waals surface area (Å²) >= 11 is 3.47. The smallest absolute Gasteiger partial charge is 0.244 e. The summed E-state index contributed by atoms with van der Waals surface area (Å²) < 4.78 is 6.54. The lowest BCUT2D eigenvalue weighted by Crippen LogP contribution is -2.33. The molecule has 0 saturated carbocycles. The largest absolute Gasteiger partial charge is 0.337 e. The normalized spacial score (nSPS) is 22.9. The Hall–Kier alpha value is -1.20. The van der Waals surface area contributed by atoms with Gasteiger partial charge in [0.15, 0.2) is 0 Å². The number of aryl methyl sites for hydroxylation is 1. The lowest BCUT2D eigenvalue weighted by molar-refractivity contribution is 0.239. The van der Waals surface area contributed by atoms with Gasteiger partial charge in [-0.15, -0.1) is 0 Å². The Labute approximate surface area is 127 Å². The molecule has 20 heavy (non-hydrogen) atoms. The van der Waals surface area contributed by atoms with Crippen LogP contribution in [0.25, 0.3) is 11.4 Å². The van der Waals surface area contributed by atoms with Gasteiger partial charge in [0.05, 0.1) is 6.04 Å². The van der Waals surface area contributed by atoms with Gasteiger partial charge in [-0.1, -0.05) is 28.0 Å². The minimum absolute atomic E-state index is 0.181. The molecule has 1 fully saturated rings. The molecular formula is C15H18BrN3O. The van der Waals surface area contributed by atoms with E-state index in [1.807, 2.05) is 12.1 Å². The quantitative estimate of drug-likeness (QED) is 0.905. The maximum atomic E-state index is 5.48. The van der Waals surface area contributed by atoms with E-state index in [1.54, 1.807) is 0 Å². The van der Waals surface area contributed by atoms with E-state index in [2.05, 4.69) is 51.3 Å². The van der Waals surface area contributed by atoms with Crippen LogP contribution in [0.5, 0.6) is 0 Å². The van der Waals surface area contributed by atoms with Crippen LogP contribution in [-0.2, 0) is 0 Å². The molecule has 0 spiro atoms. The van der Waals surface area contributed by atoms with Gasteiger partial charge in [-0.3, -0.25) is 0 Å². The predicted octanol–water partition coefficient (Wildman–Crippen LogP) is 3.87. The molecule has 1 aliphatic rings. The Bertz CT molecular complexity index is 611. The molecule has 1 aromatic heterocycles. The van der Waals surface area contributed by atoms with Gasteiger partial charge in [0.1, 0.15) is 0 Å². The number of halogens is 1. The Morgan fingerprint density at radius 2 is 2.25 bits per heavy atom. The molecule has 1 aromatic carbocycles. The number of hydrogen-bond acceptors (Lipinski definition) is 4. The molecule has 4 nitrogen and oxygen atoms in total. The zero-order valence-corrected chi connectivity index (χ0v) is 13.3. The fraction of sp³-hybridized carbons (Fsp3) is 0.467. The highest BCUT2D eigenvalue weighted by Crippen LogP contribution is 2.30. The highest BCUT2D eigenvalue weighted by molar-refractivity contribution is 9.10. The summed E-state index contributed by atoms with van der Waals surface area (Å²) in [6.45, 7) is 5.30. The minimum atomic E-state index is 0.181. The summed E-state index contributed by atoms with van der Waals surface area (Å²) in [6.07, 6.45) is 2.41. The molecule has 106 valence electrons. The zero-order valence-electron chi connectivity index (χ0n) is 11.7. The molecule has 0 aliphatic carbocycles. The standard InChI is InChI=1S/C15H18BrN3O/c1-9-4-3-7-17-13(9)15-18-14(19-20-15)12-6-5-11(16)8-10(12)2/h5-6,8-9,13,17H,3-4,7H2,1-2H3. The van der Waals surface area contributed by atoms with Gasteiger partial charge in [-0.2, -0.15) is 4.98 Å². The number of piperidine rings is 1. The Morgan fingerprint density at radius 3 is 3.00 bits per heavy atom. The Balaban J connectivity index is 1.89. The van der Waals surface area contributed by atoms with Crippen LogP contribution in [0.3, 0.4) is 0 Å². The van der Waals surface area contributed by atoms with Crippen LogP contribution < -0.4 is 5.32 Å². The van der Waals surface area contributed by atoms with Crippen LogP contribution in [0.2, 0.25) is 0 Å². The second kappa shape index (κ2) is 5.66. The molecular weight excluding hydrogens is 318 g/mol. The van der Waals surface area contributed by atoms with Crippen molar-refractivity contribution in [2.45, 2.75) is 32.7 Å². The van der Waals surface area contributed by atoms with E-state index in [0.29, 0.717) is 17.6 Å². The number of rotatable bonds is 2. The predicted molar refractivity (Wildman–Crippen MR) is 81.3 cm³/mol. The van der Waals surface area contributed by atoms with Crippen LogP contribution in [0.15, 0.2) is 27.2 Å². The molecule has 3 rings (SSSR count). The lowest BCUT2D eigenvalue weighted by atomic mass is 9.93. The topological polar surface area (TPSA) is 51.0 Å². The molecule has 0 bridgehead atoms. The fourth-order valence-electron chi connectivity index (χ4n) is 2.73. The maximum absolute atomic E-state index is 5.48. The van der Waals surface area contributed by atoms with Crippen molar-refractivity contribution in [2.24, 2.45) is 5.92 Å². The second-order valence-electron chi connectivity index (χ2n) is 5.47. The van der Waals surface area contributed by atoms with Crippen LogP contribution in [0, 0.1) is 12.8 Å². The molecule has 2 aromatic rings. The molecule has 0 amide bonds. The van der Waals surface area contributed by atoms with Crippen molar-refractivity contribution in [3.8, 4) is 11.4 Å². The van der Waals surface area contributed by atoms with Gasteiger partial charge in [-0.25, -0.2) is 0 Å². The van der Waals surface area contributed by atoms with Crippen molar-refractivity contribution in [3.05, 3.63) is 34.1 Å². The van der Waals surface area contributed by atoms with E-state index in [4.69, 9.17) is 4.52 Å². The molecule has 2 heterocycles. The second-order valence-corrected chi connectivity index (χ2v) is 6.38. The maximum Gasteiger partial charge on any atom is 0.244 e. The van der Waals surface area contributed by atoms with Crippen LogP contribution in [-0.4, -0.2) is 16.7 Å². The third kappa shape index (κ3) is 2.65. The number of benzene rings is 1. The van der Waals surface area contributed by atoms with E-state index in [9.17, 15) is 0 Å². The number of nitrogens with one attached hydrogen (secondary N) is 1. The van der Waals surface area contributed by atoms with Crippen molar-refractivity contribution >= 4 is 15.9 Å². The third-order valence-electron chi connectivity index (χ3n) is 3.91. The van der Waals surface area contributed by atoms with Gasteiger partial charge in [0, 0.05) is 10.0 Å². The van der Waals surface area contributed by atoms with Gasteiger partial charge in [0.25, 0.3) is 0 Å². The van der Waals surface area contributed by atoms with Crippen LogP contribution >= 0.6 is 15.9 Å². The molecule has 1 aliphatic heterocycles. The highest BCUT2D eigenvalue weighted by Gasteiger charge is 2.27. The SMILES string of the molecule is Cc1cc(Br)ccc1-c1noc(C2NCCCC2C)n1. The van der Waals surface area contributed by atoms with Crippen molar-refractivity contribution in [3.63, 3.8) is 0 Å². The Morgan fingerprint density at radius 1 is 1.40 bits per heavy atom. The molecule has 1 saturated heterocycles. The fourth-order valence-corrected chi connectivity index (χ4v) is 3.20. The zero-order chi connectivity index (χ0) is 14.1. The first kappa shape index (κ1) is 13.8. The minimum Gasteiger partial charge on any atom is -0.337 e. The summed E-state index contributed by atoms with van der Waals surface area (Å²) in [5.74, 6) is 1.90. The molecule has 0 radical (unpaired) electrons. The van der Waals surface area contributed by atoms with Crippen molar-refractivity contribution in [1.82, 2.24) is 15.5 Å². The van der Waals surface area contributed by atoms with E-state index in [1.165, 1.54) is 12.8 Å².